The number of nitrogens with zero attached hydrogens (tertiary/aromatic N) is 3. The molecule has 13 heavy (non-hydrogen) atoms. The minimum atomic E-state index is 0.488. The molecular weight excluding hydrogens is 162 g/mol. The van der Waals surface area contributed by atoms with Crippen LogP contribution < -0.4 is 0 Å². The summed E-state index contributed by atoms with van der Waals surface area (Å²) < 4.78 is 2.33. The van der Waals surface area contributed by atoms with Gasteiger partial charge in [0.05, 0.1) is 0 Å². The lowest BCUT2D eigenvalue weighted by molar-refractivity contribution is 0.409. The highest BCUT2D eigenvalue weighted by molar-refractivity contribution is 5.04. The van der Waals surface area contributed by atoms with Gasteiger partial charge in [0, 0.05) is 18.4 Å². The Morgan fingerprint density at radius 3 is 2.85 bits per heavy atom. The lowest BCUT2D eigenvalue weighted by Gasteiger charge is -2.23. The van der Waals surface area contributed by atoms with E-state index in [9.17, 15) is 0 Å². The summed E-state index contributed by atoms with van der Waals surface area (Å²) >= 11 is 0. The van der Waals surface area contributed by atoms with Gasteiger partial charge in [-0.1, -0.05) is 13.8 Å². The minimum Gasteiger partial charge on any atom is -0.312 e. The standard InChI is InChI=1S/C10H17N3/c1-7(2)10-12-11-9-6-4-5-8(3)13(9)10/h7-8H,4-6H2,1-3H3/t8-/m1/s1. The Balaban J connectivity index is 2.44. The molecule has 0 radical (unpaired) electrons. The van der Waals surface area contributed by atoms with Crippen molar-refractivity contribution in [1.82, 2.24) is 14.8 Å². The van der Waals surface area contributed by atoms with E-state index in [1.807, 2.05) is 0 Å². The fourth-order valence-electron chi connectivity index (χ4n) is 2.07. The quantitative estimate of drug-likeness (QED) is 0.662. The van der Waals surface area contributed by atoms with Crippen molar-refractivity contribution >= 4 is 0 Å². The maximum Gasteiger partial charge on any atom is 0.135 e. The highest BCUT2D eigenvalue weighted by atomic mass is 15.3. The highest BCUT2D eigenvalue weighted by Crippen LogP contribution is 2.27. The van der Waals surface area contributed by atoms with Crippen molar-refractivity contribution in [1.29, 1.82) is 0 Å². The summed E-state index contributed by atoms with van der Waals surface area (Å²) in [5.41, 5.74) is 0. The van der Waals surface area contributed by atoms with Gasteiger partial charge in [0.25, 0.3) is 0 Å². The smallest absolute Gasteiger partial charge is 0.135 e. The summed E-state index contributed by atoms with van der Waals surface area (Å²) in [7, 11) is 0. The topological polar surface area (TPSA) is 30.7 Å². The van der Waals surface area contributed by atoms with Crippen LogP contribution in [0.4, 0.5) is 0 Å². The van der Waals surface area contributed by atoms with Crippen LogP contribution in [0.3, 0.4) is 0 Å². The largest absolute Gasteiger partial charge is 0.312 e. The fraction of sp³-hybridized carbons (Fsp3) is 0.800. The molecule has 3 nitrogen and oxygen atoms in total. The number of fused-ring (bicyclic) bond motifs is 1. The molecule has 1 atom stereocenters. The van der Waals surface area contributed by atoms with Crippen LogP contribution in [-0.2, 0) is 6.42 Å². The van der Waals surface area contributed by atoms with Gasteiger partial charge in [0.1, 0.15) is 11.6 Å². The van der Waals surface area contributed by atoms with Crippen molar-refractivity contribution in [2.75, 3.05) is 0 Å². The number of hydrogen-bond donors (Lipinski definition) is 0. The van der Waals surface area contributed by atoms with Crippen molar-refractivity contribution in [2.24, 2.45) is 0 Å². The molecule has 0 bridgehead atoms. The van der Waals surface area contributed by atoms with Gasteiger partial charge in [-0.15, -0.1) is 10.2 Å². The Morgan fingerprint density at radius 2 is 2.15 bits per heavy atom. The summed E-state index contributed by atoms with van der Waals surface area (Å²) in [4.78, 5) is 0. The van der Waals surface area contributed by atoms with Crippen molar-refractivity contribution in [3.8, 4) is 0 Å². The average Bonchev–Trinajstić information content (AvgIpc) is 2.49. The highest BCUT2D eigenvalue weighted by Gasteiger charge is 2.22. The molecule has 0 aliphatic carbocycles. The molecule has 0 aromatic carbocycles. The molecule has 0 amide bonds. The monoisotopic (exact) mass is 179 g/mol. The molecule has 0 saturated heterocycles. The minimum absolute atomic E-state index is 0.488. The first-order valence-electron chi connectivity index (χ1n) is 5.14. The zero-order valence-electron chi connectivity index (χ0n) is 8.62. The van der Waals surface area contributed by atoms with E-state index in [1.165, 1.54) is 18.7 Å². The second-order valence-corrected chi connectivity index (χ2v) is 4.24. The number of aromatic nitrogens is 3. The summed E-state index contributed by atoms with van der Waals surface area (Å²) in [5.74, 6) is 2.83. The Kier molecular flexibility index (Phi) is 2.10. The van der Waals surface area contributed by atoms with E-state index >= 15 is 0 Å². The fourth-order valence-corrected chi connectivity index (χ4v) is 2.07. The normalized spacial score (nSPS) is 22.0. The third-order valence-corrected chi connectivity index (χ3v) is 2.77. The number of rotatable bonds is 1. The van der Waals surface area contributed by atoms with Crippen LogP contribution in [0.15, 0.2) is 0 Å². The predicted octanol–water partition coefficient (Wildman–Crippen LogP) is 2.30. The lowest BCUT2D eigenvalue weighted by atomic mass is 10.0. The van der Waals surface area contributed by atoms with Gasteiger partial charge in [-0.05, 0) is 19.8 Å². The van der Waals surface area contributed by atoms with Crippen molar-refractivity contribution in [3.05, 3.63) is 11.6 Å². The van der Waals surface area contributed by atoms with Gasteiger partial charge in [-0.25, -0.2) is 0 Å². The zero-order chi connectivity index (χ0) is 9.42. The Morgan fingerprint density at radius 1 is 1.38 bits per heavy atom. The second-order valence-electron chi connectivity index (χ2n) is 4.24. The van der Waals surface area contributed by atoms with E-state index in [-0.39, 0.29) is 0 Å². The zero-order valence-corrected chi connectivity index (χ0v) is 8.62. The van der Waals surface area contributed by atoms with Gasteiger partial charge < -0.3 is 4.57 Å². The second kappa shape index (κ2) is 3.13. The average molecular weight is 179 g/mol. The molecule has 2 heterocycles. The molecule has 1 aliphatic rings. The molecule has 3 heteroatoms. The Labute approximate surface area is 79.2 Å². The van der Waals surface area contributed by atoms with Crippen LogP contribution in [-0.4, -0.2) is 14.8 Å². The summed E-state index contributed by atoms with van der Waals surface area (Å²) in [5, 5.41) is 8.50. The SMILES string of the molecule is CC(C)c1nnc2n1[C@H](C)CCC2. The van der Waals surface area contributed by atoms with Crippen molar-refractivity contribution in [3.63, 3.8) is 0 Å². The van der Waals surface area contributed by atoms with E-state index in [4.69, 9.17) is 0 Å². The molecular formula is C10H17N3. The van der Waals surface area contributed by atoms with Gasteiger partial charge in [0.2, 0.25) is 0 Å². The van der Waals surface area contributed by atoms with Gasteiger partial charge in [0.15, 0.2) is 0 Å². The molecule has 1 aromatic heterocycles. The molecule has 72 valence electrons. The van der Waals surface area contributed by atoms with Crippen LogP contribution in [0.5, 0.6) is 0 Å². The third kappa shape index (κ3) is 1.36. The molecule has 0 N–H and O–H groups in total. The molecule has 0 saturated carbocycles. The first-order chi connectivity index (χ1) is 6.20. The number of hydrogen-bond acceptors (Lipinski definition) is 2. The molecule has 0 spiro atoms. The predicted molar refractivity (Wildman–Crippen MR) is 51.8 cm³/mol. The van der Waals surface area contributed by atoms with Crippen LogP contribution >= 0.6 is 0 Å². The van der Waals surface area contributed by atoms with E-state index in [2.05, 4.69) is 35.5 Å². The van der Waals surface area contributed by atoms with E-state index in [0.29, 0.717) is 12.0 Å². The van der Waals surface area contributed by atoms with E-state index in [0.717, 1.165) is 12.2 Å². The number of aryl methyl sites for hydroxylation is 1. The summed E-state index contributed by atoms with van der Waals surface area (Å²) in [6, 6.07) is 0.594. The maximum absolute atomic E-state index is 4.26. The van der Waals surface area contributed by atoms with Gasteiger partial charge in [-0.2, -0.15) is 0 Å². The van der Waals surface area contributed by atoms with Crippen molar-refractivity contribution in [2.45, 2.75) is 52.0 Å². The lowest BCUT2D eigenvalue weighted by Crippen LogP contribution is -2.18. The molecule has 1 aromatic rings. The summed E-state index contributed by atoms with van der Waals surface area (Å²) in [6.45, 7) is 6.62. The summed E-state index contributed by atoms with van der Waals surface area (Å²) in [6.07, 6.45) is 3.63. The Hall–Kier alpha value is -0.860. The van der Waals surface area contributed by atoms with Crippen LogP contribution in [0.25, 0.3) is 0 Å². The van der Waals surface area contributed by atoms with Crippen molar-refractivity contribution < 1.29 is 0 Å². The van der Waals surface area contributed by atoms with E-state index in [1.54, 1.807) is 0 Å². The van der Waals surface area contributed by atoms with Crippen LogP contribution in [0.1, 0.15) is 57.2 Å². The first-order valence-corrected chi connectivity index (χ1v) is 5.14. The molecule has 0 unspecified atom stereocenters. The third-order valence-electron chi connectivity index (χ3n) is 2.77. The van der Waals surface area contributed by atoms with Crippen LogP contribution in [0.2, 0.25) is 0 Å². The maximum atomic E-state index is 4.26. The Bertz CT molecular complexity index is 301. The molecule has 2 rings (SSSR count). The molecule has 1 aliphatic heterocycles. The molecule has 0 fully saturated rings. The van der Waals surface area contributed by atoms with Gasteiger partial charge in [-0.3, -0.25) is 0 Å². The first kappa shape index (κ1) is 8.73. The van der Waals surface area contributed by atoms with E-state index < -0.39 is 0 Å². The van der Waals surface area contributed by atoms with Crippen LogP contribution in [0, 0.1) is 0 Å². The van der Waals surface area contributed by atoms with Gasteiger partial charge >= 0.3 is 0 Å².